The Kier molecular flexibility index (Phi) is 5.63. The largest absolute Gasteiger partial charge is 0.489 e. The topological polar surface area (TPSA) is 50.4 Å². The van der Waals surface area contributed by atoms with Crippen LogP contribution in [0.15, 0.2) is 42.5 Å². The van der Waals surface area contributed by atoms with Crippen molar-refractivity contribution in [3.63, 3.8) is 0 Å². The first-order chi connectivity index (χ1) is 11.0. The number of nitrogens with one attached hydrogen (secondary N) is 2. The van der Waals surface area contributed by atoms with Gasteiger partial charge in [0.25, 0.3) is 0 Å². The van der Waals surface area contributed by atoms with Crippen molar-refractivity contribution in [3.8, 4) is 5.75 Å². The molecule has 0 radical (unpaired) electrons. The second-order valence-corrected chi connectivity index (χ2v) is 5.86. The van der Waals surface area contributed by atoms with Crippen molar-refractivity contribution in [1.29, 1.82) is 0 Å². The Balaban J connectivity index is 1.96. The highest BCUT2D eigenvalue weighted by Gasteiger charge is 2.08. The molecular weight excluding hydrogens is 288 g/mol. The van der Waals surface area contributed by atoms with Crippen molar-refractivity contribution in [3.05, 3.63) is 53.6 Å². The van der Waals surface area contributed by atoms with Gasteiger partial charge in [0.05, 0.1) is 18.3 Å². The van der Waals surface area contributed by atoms with Gasteiger partial charge in [-0.15, -0.1) is 0 Å². The van der Waals surface area contributed by atoms with E-state index in [9.17, 15) is 4.79 Å². The molecule has 2 N–H and O–H groups in total. The van der Waals surface area contributed by atoms with E-state index in [-0.39, 0.29) is 18.6 Å². The van der Waals surface area contributed by atoms with Gasteiger partial charge in [-0.3, -0.25) is 4.79 Å². The molecule has 4 nitrogen and oxygen atoms in total. The van der Waals surface area contributed by atoms with E-state index in [0.29, 0.717) is 11.4 Å². The summed E-state index contributed by atoms with van der Waals surface area (Å²) in [5, 5.41) is 6.03. The zero-order valence-corrected chi connectivity index (χ0v) is 14.1. The van der Waals surface area contributed by atoms with Gasteiger partial charge in [-0.05, 0) is 63.1 Å². The molecule has 0 spiro atoms. The normalized spacial score (nSPS) is 10.5. The molecule has 0 fully saturated rings. The lowest BCUT2D eigenvalue weighted by molar-refractivity contribution is -0.114. The number of amides is 1. The molecule has 4 heteroatoms. The molecule has 0 saturated carbocycles. The molecule has 0 heterocycles. The molecule has 2 rings (SSSR count). The van der Waals surface area contributed by atoms with Crippen LogP contribution < -0.4 is 15.4 Å². The van der Waals surface area contributed by atoms with Crippen LogP contribution in [-0.4, -0.2) is 18.6 Å². The molecular formula is C19H24N2O2. The van der Waals surface area contributed by atoms with E-state index in [0.717, 1.165) is 5.69 Å². The fourth-order valence-electron chi connectivity index (χ4n) is 2.15. The predicted octanol–water partition coefficient (Wildman–Crippen LogP) is 4.14. The first-order valence-corrected chi connectivity index (χ1v) is 7.82. The average molecular weight is 312 g/mol. The summed E-state index contributed by atoms with van der Waals surface area (Å²) in [6.07, 6.45) is 0.0571. The van der Waals surface area contributed by atoms with Gasteiger partial charge in [0.2, 0.25) is 5.91 Å². The van der Waals surface area contributed by atoms with Gasteiger partial charge in [0.15, 0.2) is 0 Å². The summed E-state index contributed by atoms with van der Waals surface area (Å²) in [6, 6.07) is 13.5. The van der Waals surface area contributed by atoms with Crippen molar-refractivity contribution >= 4 is 17.3 Å². The molecule has 0 aliphatic heterocycles. The van der Waals surface area contributed by atoms with Crippen LogP contribution in [0.4, 0.5) is 11.4 Å². The second-order valence-electron chi connectivity index (χ2n) is 5.86. The van der Waals surface area contributed by atoms with Crippen molar-refractivity contribution in [2.24, 2.45) is 0 Å². The molecule has 122 valence electrons. The lowest BCUT2D eigenvalue weighted by Gasteiger charge is -2.15. The maximum absolute atomic E-state index is 12.1. The maximum Gasteiger partial charge on any atom is 0.243 e. The summed E-state index contributed by atoms with van der Waals surface area (Å²) in [6.45, 7) is 8.25. The van der Waals surface area contributed by atoms with E-state index < -0.39 is 0 Å². The minimum atomic E-state index is -0.108. The van der Waals surface area contributed by atoms with Crippen LogP contribution in [0.2, 0.25) is 0 Å². The van der Waals surface area contributed by atoms with Gasteiger partial charge >= 0.3 is 0 Å². The Labute approximate surface area is 137 Å². The summed E-state index contributed by atoms with van der Waals surface area (Å²) in [5.74, 6) is 0.574. The Morgan fingerprint density at radius 2 is 1.83 bits per heavy atom. The van der Waals surface area contributed by atoms with Gasteiger partial charge in [-0.2, -0.15) is 0 Å². The lowest BCUT2D eigenvalue weighted by atomic mass is 10.1. The fourth-order valence-corrected chi connectivity index (χ4v) is 2.15. The molecule has 0 bridgehead atoms. The van der Waals surface area contributed by atoms with Crippen LogP contribution >= 0.6 is 0 Å². The third kappa shape index (κ3) is 5.02. The highest BCUT2D eigenvalue weighted by molar-refractivity contribution is 5.95. The van der Waals surface area contributed by atoms with E-state index in [1.165, 1.54) is 11.1 Å². The predicted molar refractivity (Wildman–Crippen MR) is 95.2 cm³/mol. The van der Waals surface area contributed by atoms with Gasteiger partial charge in [0.1, 0.15) is 5.75 Å². The molecule has 1 amide bonds. The first kappa shape index (κ1) is 16.9. The lowest BCUT2D eigenvalue weighted by Crippen LogP contribution is -2.22. The van der Waals surface area contributed by atoms with Crippen LogP contribution in [0.3, 0.4) is 0 Å². The molecule has 0 unspecified atom stereocenters. The molecule has 0 saturated heterocycles. The number of rotatable bonds is 6. The highest BCUT2D eigenvalue weighted by Crippen LogP contribution is 2.24. The fraction of sp³-hybridized carbons (Fsp3) is 0.316. The van der Waals surface area contributed by atoms with E-state index in [4.69, 9.17) is 4.74 Å². The number of aryl methyl sites for hydroxylation is 2. The second kappa shape index (κ2) is 7.68. The monoisotopic (exact) mass is 312 g/mol. The van der Waals surface area contributed by atoms with Crippen molar-refractivity contribution in [2.75, 3.05) is 17.2 Å². The van der Waals surface area contributed by atoms with Crippen LogP contribution in [0.25, 0.3) is 0 Å². The van der Waals surface area contributed by atoms with E-state index in [1.54, 1.807) is 0 Å². The number of hydrogen-bond donors (Lipinski definition) is 2. The Morgan fingerprint density at radius 3 is 2.52 bits per heavy atom. The Bertz CT molecular complexity index is 681. The Morgan fingerprint density at radius 1 is 1.09 bits per heavy atom. The Hall–Kier alpha value is -2.49. The van der Waals surface area contributed by atoms with Gasteiger partial charge in [0, 0.05) is 5.69 Å². The minimum absolute atomic E-state index is 0.0571. The number of anilines is 2. The molecule has 0 atom stereocenters. The van der Waals surface area contributed by atoms with Crippen LogP contribution in [0.1, 0.15) is 25.0 Å². The third-order valence-corrected chi connectivity index (χ3v) is 3.48. The summed E-state index contributed by atoms with van der Waals surface area (Å²) in [4.78, 5) is 12.1. The first-order valence-electron chi connectivity index (χ1n) is 7.82. The number of benzene rings is 2. The zero-order chi connectivity index (χ0) is 16.8. The third-order valence-electron chi connectivity index (χ3n) is 3.48. The molecule has 23 heavy (non-hydrogen) atoms. The number of ether oxygens (including phenoxy) is 1. The summed E-state index contributed by atoms with van der Waals surface area (Å²) in [5.41, 5.74) is 4.06. The molecule has 0 aliphatic carbocycles. The van der Waals surface area contributed by atoms with Gasteiger partial charge in [-0.25, -0.2) is 0 Å². The van der Waals surface area contributed by atoms with Crippen molar-refractivity contribution < 1.29 is 9.53 Å². The van der Waals surface area contributed by atoms with E-state index in [1.807, 2.05) is 56.3 Å². The van der Waals surface area contributed by atoms with Crippen LogP contribution in [0, 0.1) is 13.8 Å². The number of carbonyl (C=O) groups excluding carboxylic acids is 1. The molecule has 0 aliphatic rings. The summed E-state index contributed by atoms with van der Waals surface area (Å²) >= 11 is 0. The van der Waals surface area contributed by atoms with Crippen LogP contribution in [-0.2, 0) is 4.79 Å². The standard InChI is InChI=1S/C19H24N2O2/c1-13(2)23-18-8-6-5-7-17(18)21-19(22)12-20-16-10-9-14(3)15(4)11-16/h5-11,13,20H,12H2,1-4H3,(H,21,22). The summed E-state index contributed by atoms with van der Waals surface area (Å²) in [7, 11) is 0. The van der Waals surface area contributed by atoms with E-state index in [2.05, 4.69) is 24.5 Å². The number of para-hydroxylation sites is 2. The number of carbonyl (C=O) groups is 1. The average Bonchev–Trinajstić information content (AvgIpc) is 2.50. The molecule has 2 aromatic carbocycles. The number of hydrogen-bond acceptors (Lipinski definition) is 3. The van der Waals surface area contributed by atoms with Gasteiger partial charge in [-0.1, -0.05) is 18.2 Å². The quantitative estimate of drug-likeness (QED) is 0.843. The molecule has 2 aromatic rings. The van der Waals surface area contributed by atoms with Crippen LogP contribution in [0.5, 0.6) is 5.75 Å². The van der Waals surface area contributed by atoms with Crippen molar-refractivity contribution in [1.82, 2.24) is 0 Å². The smallest absolute Gasteiger partial charge is 0.243 e. The van der Waals surface area contributed by atoms with Gasteiger partial charge < -0.3 is 15.4 Å². The van der Waals surface area contributed by atoms with Crippen molar-refractivity contribution in [2.45, 2.75) is 33.8 Å². The summed E-state index contributed by atoms with van der Waals surface area (Å²) < 4.78 is 5.70. The van der Waals surface area contributed by atoms with E-state index >= 15 is 0 Å². The minimum Gasteiger partial charge on any atom is -0.489 e. The molecule has 0 aromatic heterocycles. The zero-order valence-electron chi connectivity index (χ0n) is 14.1. The maximum atomic E-state index is 12.1. The highest BCUT2D eigenvalue weighted by atomic mass is 16.5. The SMILES string of the molecule is Cc1ccc(NCC(=O)Nc2ccccc2OC(C)C)cc1C.